The van der Waals surface area contributed by atoms with Gasteiger partial charge in [-0.3, -0.25) is 4.79 Å². The van der Waals surface area contributed by atoms with Crippen molar-refractivity contribution in [3.05, 3.63) is 48.6 Å². The largest absolute Gasteiger partial charge is 0.481 e. The first-order valence-electron chi connectivity index (χ1n) is 16.6. The maximum atomic E-state index is 10.3. The predicted molar refractivity (Wildman–Crippen MR) is 174 cm³/mol. The van der Waals surface area contributed by atoms with Gasteiger partial charge in [0.05, 0.1) is 0 Å². The van der Waals surface area contributed by atoms with Crippen LogP contribution in [-0.2, 0) is 9.59 Å². The molecule has 0 saturated heterocycles. The summed E-state index contributed by atoms with van der Waals surface area (Å²) in [5, 5.41) is 16.9. The van der Waals surface area contributed by atoms with Crippen molar-refractivity contribution < 1.29 is 19.8 Å². The Labute approximate surface area is 248 Å². The summed E-state index contributed by atoms with van der Waals surface area (Å²) >= 11 is 0. The van der Waals surface area contributed by atoms with Crippen LogP contribution in [0.4, 0.5) is 0 Å². The van der Waals surface area contributed by atoms with E-state index >= 15 is 0 Å². The van der Waals surface area contributed by atoms with Gasteiger partial charge in [0, 0.05) is 12.5 Å². The van der Waals surface area contributed by atoms with Gasteiger partial charge in [-0.25, -0.2) is 4.79 Å². The van der Waals surface area contributed by atoms with Crippen molar-refractivity contribution in [2.75, 3.05) is 0 Å². The number of allylic oxidation sites excluding steroid dienone is 7. The van der Waals surface area contributed by atoms with E-state index in [1.54, 1.807) is 6.08 Å². The minimum Gasteiger partial charge on any atom is -0.481 e. The lowest BCUT2D eigenvalue weighted by atomic mass is 10.1. The summed E-state index contributed by atoms with van der Waals surface area (Å²) in [6.07, 6.45) is 45.0. The third kappa shape index (κ3) is 43.0. The zero-order valence-corrected chi connectivity index (χ0v) is 26.3. The highest BCUT2D eigenvalue weighted by Gasteiger charge is 1.96. The van der Waals surface area contributed by atoms with Crippen LogP contribution in [0.5, 0.6) is 0 Å². The monoisotopic (exact) mass is 560 g/mol. The Morgan fingerprint density at radius 1 is 0.475 bits per heavy atom. The van der Waals surface area contributed by atoms with Crippen molar-refractivity contribution in [1.29, 1.82) is 0 Å². The molecule has 0 aromatic carbocycles. The maximum absolute atomic E-state index is 10.3. The Hall–Kier alpha value is -2.10. The van der Waals surface area contributed by atoms with Gasteiger partial charge in [-0.2, -0.15) is 0 Å². The molecule has 2 N–H and O–H groups in total. The van der Waals surface area contributed by atoms with Crippen LogP contribution in [0, 0.1) is 0 Å². The summed E-state index contributed by atoms with van der Waals surface area (Å²) in [7, 11) is 0. The Balaban J connectivity index is 0. The molecule has 0 aromatic rings. The van der Waals surface area contributed by atoms with Crippen molar-refractivity contribution in [3.8, 4) is 0 Å². The molecule has 4 nitrogen and oxygen atoms in total. The van der Waals surface area contributed by atoms with Gasteiger partial charge in [-0.05, 0) is 51.4 Å². The van der Waals surface area contributed by atoms with Gasteiger partial charge in [0.1, 0.15) is 0 Å². The van der Waals surface area contributed by atoms with E-state index in [-0.39, 0.29) is 0 Å². The number of hydrogen-bond donors (Lipinski definition) is 2. The van der Waals surface area contributed by atoms with E-state index in [0.29, 0.717) is 6.42 Å². The number of carboxylic acids is 2. The molecule has 0 aromatic heterocycles. The predicted octanol–water partition coefficient (Wildman–Crippen LogP) is 11.8. The summed E-state index contributed by atoms with van der Waals surface area (Å²) in [5.41, 5.74) is 0. The van der Waals surface area contributed by atoms with E-state index in [1.807, 2.05) is 12.2 Å². The molecule has 0 rings (SSSR count). The van der Waals surface area contributed by atoms with Crippen molar-refractivity contribution in [2.45, 2.75) is 168 Å². The molecule has 0 amide bonds. The minimum absolute atomic E-state index is 0.324. The van der Waals surface area contributed by atoms with E-state index in [1.165, 1.54) is 116 Å². The smallest absolute Gasteiger partial charge is 0.328 e. The summed E-state index contributed by atoms with van der Waals surface area (Å²) in [5.74, 6) is -1.56. The zero-order chi connectivity index (χ0) is 29.8. The van der Waals surface area contributed by atoms with Gasteiger partial charge in [0.2, 0.25) is 0 Å². The number of carboxylic acid groups (broad SMARTS) is 2. The van der Waals surface area contributed by atoms with Crippen molar-refractivity contribution in [3.63, 3.8) is 0 Å². The van der Waals surface area contributed by atoms with Gasteiger partial charge >= 0.3 is 11.9 Å². The summed E-state index contributed by atoms with van der Waals surface area (Å²) < 4.78 is 0. The van der Waals surface area contributed by atoms with Gasteiger partial charge in [-0.15, -0.1) is 0 Å². The second-order valence-corrected chi connectivity index (χ2v) is 10.8. The lowest BCUT2D eigenvalue weighted by Crippen LogP contribution is -1.93. The van der Waals surface area contributed by atoms with Crippen LogP contribution < -0.4 is 0 Å². The number of unbranched alkanes of at least 4 members (excludes halogenated alkanes) is 19. The molecule has 0 bridgehead atoms. The molecule has 0 atom stereocenters. The van der Waals surface area contributed by atoms with Crippen LogP contribution in [0.15, 0.2) is 48.6 Å². The molecule has 0 radical (unpaired) electrons. The molecule has 0 heterocycles. The van der Waals surface area contributed by atoms with Crippen LogP contribution in [-0.4, -0.2) is 22.2 Å². The Bertz CT molecular complexity index is 645. The fraction of sp³-hybridized carbons (Fsp3) is 0.722. The average Bonchev–Trinajstić information content (AvgIpc) is 2.93. The lowest BCUT2D eigenvalue weighted by molar-refractivity contribution is -0.137. The third-order valence-electron chi connectivity index (χ3n) is 6.80. The molecule has 0 saturated carbocycles. The van der Waals surface area contributed by atoms with Crippen LogP contribution in [0.25, 0.3) is 0 Å². The maximum Gasteiger partial charge on any atom is 0.328 e. The standard InChI is InChI=1S/2C18H32O2/c2*1-2-3-4-5-6-7-8-9-10-11-12-13-14-15-16-17-18(19)20/h14-17H,2-13H2,1H3,(H,19,20);6-7,9-10H,2-5,8,11-17H2,1H3,(H,19,20)/b;7-6-,10-9-. The summed E-state index contributed by atoms with van der Waals surface area (Å²) in [6.45, 7) is 4.50. The van der Waals surface area contributed by atoms with Crippen molar-refractivity contribution in [2.24, 2.45) is 0 Å². The molecule has 0 aliphatic rings. The molecule has 40 heavy (non-hydrogen) atoms. The van der Waals surface area contributed by atoms with Crippen molar-refractivity contribution >= 4 is 11.9 Å². The first kappa shape index (κ1) is 40.0. The van der Waals surface area contributed by atoms with Gasteiger partial charge in [0.25, 0.3) is 0 Å². The molecule has 0 fully saturated rings. The van der Waals surface area contributed by atoms with Crippen molar-refractivity contribution in [1.82, 2.24) is 0 Å². The Morgan fingerprint density at radius 2 is 0.875 bits per heavy atom. The summed E-state index contributed by atoms with van der Waals surface area (Å²) in [6, 6.07) is 0. The second-order valence-electron chi connectivity index (χ2n) is 10.8. The van der Waals surface area contributed by atoms with Gasteiger partial charge in [-0.1, -0.05) is 153 Å². The fourth-order valence-electron chi connectivity index (χ4n) is 4.33. The first-order chi connectivity index (χ1) is 19.5. The fourth-order valence-corrected chi connectivity index (χ4v) is 4.33. The van der Waals surface area contributed by atoms with Crippen LogP contribution in [0.1, 0.15) is 168 Å². The normalized spacial score (nSPS) is 11.7. The zero-order valence-electron chi connectivity index (χ0n) is 26.3. The highest BCUT2D eigenvalue weighted by molar-refractivity contribution is 5.80. The van der Waals surface area contributed by atoms with E-state index in [2.05, 4.69) is 38.2 Å². The number of carbonyl (C=O) groups is 2. The van der Waals surface area contributed by atoms with Crippen LogP contribution in [0.3, 0.4) is 0 Å². The number of aliphatic carboxylic acids is 2. The molecule has 0 aliphatic heterocycles. The second kappa shape index (κ2) is 36.9. The molecule has 232 valence electrons. The van der Waals surface area contributed by atoms with E-state index in [4.69, 9.17) is 10.2 Å². The first-order valence-corrected chi connectivity index (χ1v) is 16.6. The molecule has 0 spiro atoms. The molecular formula is C36H64O4. The van der Waals surface area contributed by atoms with Crippen LogP contribution >= 0.6 is 0 Å². The topological polar surface area (TPSA) is 74.6 Å². The highest BCUT2D eigenvalue weighted by Crippen LogP contribution is 2.12. The van der Waals surface area contributed by atoms with E-state index < -0.39 is 11.9 Å². The Kier molecular flexibility index (Phi) is 36.9. The molecule has 4 heteroatoms. The number of hydrogen-bond acceptors (Lipinski definition) is 2. The highest BCUT2D eigenvalue weighted by atomic mass is 16.4. The van der Waals surface area contributed by atoms with Gasteiger partial charge < -0.3 is 10.2 Å². The van der Waals surface area contributed by atoms with E-state index in [0.717, 1.165) is 38.2 Å². The van der Waals surface area contributed by atoms with Crippen LogP contribution in [0.2, 0.25) is 0 Å². The SMILES string of the molecule is CCCCC/C=C\C/C=C\CCCCCCCC(=O)O.CCCCCCCCCCCCCC=CC=CC(=O)O. The molecule has 0 unspecified atom stereocenters. The molecular weight excluding hydrogens is 496 g/mol. The van der Waals surface area contributed by atoms with Gasteiger partial charge in [0.15, 0.2) is 0 Å². The number of rotatable bonds is 28. The van der Waals surface area contributed by atoms with E-state index in [9.17, 15) is 9.59 Å². The minimum atomic E-state index is -0.885. The quantitative estimate of drug-likeness (QED) is 0.0432. The third-order valence-corrected chi connectivity index (χ3v) is 6.80. The molecule has 0 aliphatic carbocycles. The summed E-state index contributed by atoms with van der Waals surface area (Å²) in [4.78, 5) is 20.5. The lowest BCUT2D eigenvalue weighted by Gasteiger charge is -2.01. The Morgan fingerprint density at radius 3 is 1.35 bits per heavy atom. The average molecular weight is 561 g/mol.